The van der Waals surface area contributed by atoms with Gasteiger partial charge in [-0.3, -0.25) is 0 Å². The lowest BCUT2D eigenvalue weighted by atomic mass is 10.2. The number of benzene rings is 1. The number of hydrogen-bond acceptors (Lipinski definition) is 3. The Bertz CT molecular complexity index is 723. The van der Waals surface area contributed by atoms with Gasteiger partial charge >= 0.3 is 0 Å². The first-order valence-corrected chi connectivity index (χ1v) is 7.25. The van der Waals surface area contributed by atoms with E-state index in [-0.39, 0.29) is 12.4 Å². The zero-order chi connectivity index (χ0) is 14.7. The lowest BCUT2D eigenvalue weighted by molar-refractivity contribution is -0.00000513. The van der Waals surface area contributed by atoms with E-state index in [2.05, 4.69) is 5.32 Å². The molecular formula is C16H13Cl3NO2-. The molecule has 0 atom stereocenters. The molecular weight excluding hydrogens is 345 g/mol. The molecule has 3 nitrogen and oxygen atoms in total. The predicted octanol–water partition coefficient (Wildman–Crippen LogP) is 2.14. The molecule has 1 aromatic carbocycles. The monoisotopic (exact) mass is 356 g/mol. The first-order valence-electron chi connectivity index (χ1n) is 6.49. The summed E-state index contributed by atoms with van der Waals surface area (Å²) in [5.74, 6) is 2.42. The van der Waals surface area contributed by atoms with Crippen LogP contribution in [0.3, 0.4) is 0 Å². The molecule has 0 spiro atoms. The third-order valence-electron chi connectivity index (χ3n) is 3.03. The summed E-state index contributed by atoms with van der Waals surface area (Å²) in [5, 5.41) is 4.49. The van der Waals surface area contributed by atoms with Crippen LogP contribution in [0.2, 0.25) is 10.0 Å². The van der Waals surface area contributed by atoms with E-state index in [9.17, 15) is 0 Å². The maximum absolute atomic E-state index is 6.17. The third-order valence-corrected chi connectivity index (χ3v) is 3.60. The van der Waals surface area contributed by atoms with Crippen molar-refractivity contribution in [3.63, 3.8) is 0 Å². The van der Waals surface area contributed by atoms with Crippen LogP contribution in [0, 0.1) is 0 Å². The van der Waals surface area contributed by atoms with Crippen molar-refractivity contribution in [1.82, 2.24) is 5.32 Å². The Labute approximate surface area is 144 Å². The van der Waals surface area contributed by atoms with Gasteiger partial charge in [0.05, 0.1) is 24.4 Å². The van der Waals surface area contributed by atoms with Crippen LogP contribution in [-0.4, -0.2) is 0 Å². The third kappa shape index (κ3) is 4.08. The Morgan fingerprint density at radius 1 is 0.955 bits per heavy atom. The highest BCUT2D eigenvalue weighted by Gasteiger charge is 2.09. The van der Waals surface area contributed by atoms with Crippen molar-refractivity contribution < 1.29 is 21.2 Å². The van der Waals surface area contributed by atoms with Crippen LogP contribution in [-0.2, 0) is 13.1 Å². The first-order chi connectivity index (χ1) is 10.2. The van der Waals surface area contributed by atoms with Gasteiger partial charge in [-0.15, -0.1) is 0 Å². The summed E-state index contributed by atoms with van der Waals surface area (Å²) in [6.45, 7) is 1.26. The Morgan fingerprint density at radius 3 is 2.55 bits per heavy atom. The van der Waals surface area contributed by atoms with E-state index in [1.807, 2.05) is 24.3 Å². The maximum Gasteiger partial charge on any atom is 0.135 e. The molecule has 22 heavy (non-hydrogen) atoms. The standard InChI is InChI=1S/C16H13Cl2NO2.ClH/c17-11-3-5-15(18)14(8-11)16-6-4-13(21-16)10-19-9-12-2-1-7-20-12;/h1-8,19H,9-10H2;1H/p-1. The van der Waals surface area contributed by atoms with Crippen molar-refractivity contribution in [2.24, 2.45) is 0 Å². The van der Waals surface area contributed by atoms with E-state index >= 15 is 0 Å². The normalized spacial score (nSPS) is 10.5. The van der Waals surface area contributed by atoms with Crippen LogP contribution in [0.15, 0.2) is 57.6 Å². The second-order valence-electron chi connectivity index (χ2n) is 4.57. The number of halogens is 3. The molecule has 0 saturated carbocycles. The highest BCUT2D eigenvalue weighted by molar-refractivity contribution is 6.35. The summed E-state index contributed by atoms with van der Waals surface area (Å²) in [4.78, 5) is 0. The van der Waals surface area contributed by atoms with Crippen LogP contribution >= 0.6 is 23.2 Å². The summed E-state index contributed by atoms with van der Waals surface area (Å²) in [6.07, 6.45) is 1.66. The summed E-state index contributed by atoms with van der Waals surface area (Å²) in [7, 11) is 0. The molecule has 0 bridgehead atoms. The van der Waals surface area contributed by atoms with Gasteiger partial charge < -0.3 is 26.6 Å². The fourth-order valence-corrected chi connectivity index (χ4v) is 2.41. The number of hydrogen-bond donors (Lipinski definition) is 1. The number of rotatable bonds is 5. The van der Waals surface area contributed by atoms with E-state index in [0.717, 1.165) is 17.1 Å². The Balaban J connectivity index is 0.00000176. The molecule has 0 aliphatic heterocycles. The van der Waals surface area contributed by atoms with Crippen molar-refractivity contribution in [3.05, 3.63) is 70.3 Å². The van der Waals surface area contributed by atoms with Crippen molar-refractivity contribution in [2.45, 2.75) is 13.1 Å². The maximum atomic E-state index is 6.17. The quantitative estimate of drug-likeness (QED) is 0.760. The van der Waals surface area contributed by atoms with Gasteiger partial charge in [-0.2, -0.15) is 0 Å². The summed E-state index contributed by atoms with van der Waals surface area (Å²) in [6, 6.07) is 12.9. The largest absolute Gasteiger partial charge is 1.00 e. The average molecular weight is 358 g/mol. The molecule has 6 heteroatoms. The van der Waals surface area contributed by atoms with E-state index in [4.69, 9.17) is 32.0 Å². The average Bonchev–Trinajstić information content (AvgIpc) is 3.13. The van der Waals surface area contributed by atoms with E-state index in [0.29, 0.717) is 28.9 Å². The smallest absolute Gasteiger partial charge is 0.135 e. The van der Waals surface area contributed by atoms with Crippen LogP contribution in [0.1, 0.15) is 11.5 Å². The Morgan fingerprint density at radius 2 is 1.77 bits per heavy atom. The topological polar surface area (TPSA) is 38.3 Å². The second kappa shape index (κ2) is 7.75. The predicted molar refractivity (Wildman–Crippen MR) is 83.4 cm³/mol. The van der Waals surface area contributed by atoms with Crippen molar-refractivity contribution in [3.8, 4) is 11.3 Å². The lowest BCUT2D eigenvalue weighted by Crippen LogP contribution is -3.00. The highest BCUT2D eigenvalue weighted by Crippen LogP contribution is 2.31. The second-order valence-corrected chi connectivity index (χ2v) is 5.42. The van der Waals surface area contributed by atoms with E-state index in [1.54, 1.807) is 24.5 Å². The molecule has 116 valence electrons. The van der Waals surface area contributed by atoms with Gasteiger partial charge in [-0.1, -0.05) is 23.2 Å². The van der Waals surface area contributed by atoms with Crippen LogP contribution in [0.25, 0.3) is 11.3 Å². The first kappa shape index (κ1) is 17.0. The van der Waals surface area contributed by atoms with E-state index in [1.165, 1.54) is 0 Å². The zero-order valence-corrected chi connectivity index (χ0v) is 13.8. The van der Waals surface area contributed by atoms with Crippen molar-refractivity contribution in [1.29, 1.82) is 0 Å². The minimum absolute atomic E-state index is 0. The molecule has 3 rings (SSSR count). The fraction of sp³-hybridized carbons (Fsp3) is 0.125. The van der Waals surface area contributed by atoms with Gasteiger partial charge in [-0.05, 0) is 42.5 Å². The molecule has 1 N–H and O–H groups in total. The lowest BCUT2D eigenvalue weighted by Gasteiger charge is -2.02. The van der Waals surface area contributed by atoms with Gasteiger partial charge in [0.15, 0.2) is 0 Å². The van der Waals surface area contributed by atoms with Gasteiger partial charge in [-0.25, -0.2) is 0 Å². The fourth-order valence-electron chi connectivity index (χ4n) is 2.03. The van der Waals surface area contributed by atoms with Gasteiger partial charge in [0.2, 0.25) is 0 Å². The van der Waals surface area contributed by atoms with Gasteiger partial charge in [0.1, 0.15) is 17.3 Å². The molecule has 2 aromatic heterocycles. The van der Waals surface area contributed by atoms with Crippen LogP contribution < -0.4 is 17.7 Å². The highest BCUT2D eigenvalue weighted by atomic mass is 35.5. The van der Waals surface area contributed by atoms with Crippen molar-refractivity contribution >= 4 is 23.2 Å². The summed E-state index contributed by atoms with van der Waals surface area (Å²) < 4.78 is 11.0. The summed E-state index contributed by atoms with van der Waals surface area (Å²) in [5.41, 5.74) is 0.793. The molecule has 2 heterocycles. The van der Waals surface area contributed by atoms with Crippen LogP contribution in [0.4, 0.5) is 0 Å². The van der Waals surface area contributed by atoms with Crippen LogP contribution in [0.5, 0.6) is 0 Å². The molecule has 0 saturated heterocycles. The van der Waals surface area contributed by atoms with Crippen molar-refractivity contribution in [2.75, 3.05) is 0 Å². The Kier molecular flexibility index (Phi) is 5.98. The Hall–Kier alpha value is -1.39. The van der Waals surface area contributed by atoms with E-state index < -0.39 is 0 Å². The zero-order valence-electron chi connectivity index (χ0n) is 11.5. The molecule has 3 aromatic rings. The molecule has 0 aliphatic carbocycles. The minimum atomic E-state index is 0. The molecule has 0 amide bonds. The molecule has 0 aliphatic rings. The minimum Gasteiger partial charge on any atom is -1.00 e. The number of furan rings is 2. The van der Waals surface area contributed by atoms with Gasteiger partial charge in [0, 0.05) is 10.6 Å². The molecule has 0 radical (unpaired) electrons. The molecule has 0 fully saturated rings. The summed E-state index contributed by atoms with van der Waals surface area (Å²) >= 11 is 12.2. The number of nitrogens with one attached hydrogen (secondary N) is 1. The van der Waals surface area contributed by atoms with Gasteiger partial charge in [0.25, 0.3) is 0 Å². The molecule has 0 unspecified atom stereocenters. The SMILES string of the molecule is Clc1ccc(Cl)c(-c2ccc(CNCc3ccco3)o2)c1.[Cl-].